The monoisotopic (exact) mass is 241 g/mol. The molecule has 2 N–H and O–H groups in total. The van der Waals surface area contributed by atoms with E-state index in [1.807, 2.05) is 0 Å². The second-order valence-corrected chi connectivity index (χ2v) is 3.53. The zero-order chi connectivity index (χ0) is 12.8. The number of ether oxygens (including phenoxy) is 1. The van der Waals surface area contributed by atoms with Crippen LogP contribution in [0, 0.1) is 17.0 Å². The van der Waals surface area contributed by atoms with Crippen LogP contribution in [0.5, 0.6) is 0 Å². The molecule has 7 nitrogen and oxygen atoms in total. The van der Waals surface area contributed by atoms with Gasteiger partial charge < -0.3 is 15.0 Å². The number of nitrogens with zero attached hydrogens (tertiary/aromatic N) is 2. The molecule has 1 rings (SSSR count). The third kappa shape index (κ3) is 3.65. The van der Waals surface area contributed by atoms with Gasteiger partial charge in [0.2, 0.25) is 0 Å². The highest BCUT2D eigenvalue weighted by Gasteiger charge is 2.12. The lowest BCUT2D eigenvalue weighted by Crippen LogP contribution is -2.23. The van der Waals surface area contributed by atoms with Crippen molar-refractivity contribution in [2.45, 2.75) is 13.5 Å². The van der Waals surface area contributed by atoms with E-state index in [0.29, 0.717) is 25.3 Å². The highest BCUT2D eigenvalue weighted by molar-refractivity contribution is 5.35. The van der Waals surface area contributed by atoms with Crippen molar-refractivity contribution in [3.05, 3.63) is 38.3 Å². The maximum atomic E-state index is 11.5. The summed E-state index contributed by atoms with van der Waals surface area (Å²) in [6.07, 6.45) is 1.24. The Labute approximate surface area is 98.0 Å². The molecule has 0 radical (unpaired) electrons. The summed E-state index contributed by atoms with van der Waals surface area (Å²) < 4.78 is 6.38. The van der Waals surface area contributed by atoms with Crippen LogP contribution in [0.15, 0.2) is 17.1 Å². The molecule has 0 amide bonds. The van der Waals surface area contributed by atoms with E-state index >= 15 is 0 Å². The summed E-state index contributed by atoms with van der Waals surface area (Å²) in [5.41, 5.74) is 5.26. The quantitative estimate of drug-likeness (QED) is 0.430. The summed E-state index contributed by atoms with van der Waals surface area (Å²) in [5.74, 6) is 0. The molecule has 0 unspecified atom stereocenters. The molecular weight excluding hydrogens is 226 g/mol. The molecule has 1 heterocycles. The van der Waals surface area contributed by atoms with Crippen LogP contribution in [0.2, 0.25) is 0 Å². The molecule has 0 spiro atoms. The Morgan fingerprint density at radius 2 is 2.24 bits per heavy atom. The highest BCUT2D eigenvalue weighted by Crippen LogP contribution is 2.13. The first-order valence-electron chi connectivity index (χ1n) is 5.19. The van der Waals surface area contributed by atoms with E-state index in [4.69, 9.17) is 10.5 Å². The normalized spacial score (nSPS) is 10.5. The fraction of sp³-hybridized carbons (Fsp3) is 0.500. The minimum absolute atomic E-state index is 0.0663. The van der Waals surface area contributed by atoms with Crippen molar-refractivity contribution in [2.75, 3.05) is 19.8 Å². The number of aromatic nitrogens is 1. The SMILES string of the molecule is Cc1cc(=O)n(CCOCCN)cc1[N+](=O)[O-]. The molecule has 0 bridgehead atoms. The maximum absolute atomic E-state index is 11.5. The Morgan fingerprint density at radius 3 is 2.82 bits per heavy atom. The fourth-order valence-corrected chi connectivity index (χ4v) is 1.37. The van der Waals surface area contributed by atoms with Gasteiger partial charge in [-0.15, -0.1) is 0 Å². The Bertz CT molecular complexity index is 455. The van der Waals surface area contributed by atoms with Crippen LogP contribution in [0.3, 0.4) is 0 Å². The number of rotatable bonds is 6. The Kier molecular flexibility index (Phi) is 4.80. The molecule has 1 aromatic rings. The van der Waals surface area contributed by atoms with E-state index in [-0.39, 0.29) is 17.8 Å². The van der Waals surface area contributed by atoms with Crippen LogP contribution >= 0.6 is 0 Å². The Morgan fingerprint density at radius 1 is 1.53 bits per heavy atom. The summed E-state index contributed by atoms with van der Waals surface area (Å²) in [5, 5.41) is 10.7. The van der Waals surface area contributed by atoms with Crippen molar-refractivity contribution in [2.24, 2.45) is 5.73 Å². The predicted molar refractivity (Wildman–Crippen MR) is 62.0 cm³/mol. The van der Waals surface area contributed by atoms with Gasteiger partial charge in [-0.25, -0.2) is 0 Å². The van der Waals surface area contributed by atoms with Gasteiger partial charge in [-0.1, -0.05) is 0 Å². The van der Waals surface area contributed by atoms with E-state index in [2.05, 4.69) is 0 Å². The van der Waals surface area contributed by atoms with Crippen LogP contribution in [-0.4, -0.2) is 29.2 Å². The Hall–Kier alpha value is -1.73. The first-order valence-corrected chi connectivity index (χ1v) is 5.19. The standard InChI is InChI=1S/C10H15N3O4/c1-8-6-10(14)12(3-5-17-4-2-11)7-9(8)13(15)16/h6-7H,2-5,11H2,1H3. The number of hydrogen-bond donors (Lipinski definition) is 1. The average molecular weight is 241 g/mol. The average Bonchev–Trinajstić information content (AvgIpc) is 2.26. The molecule has 0 aliphatic heterocycles. The first kappa shape index (κ1) is 13.3. The Balaban J connectivity index is 2.81. The van der Waals surface area contributed by atoms with Crippen molar-refractivity contribution in [1.82, 2.24) is 4.57 Å². The van der Waals surface area contributed by atoms with Crippen molar-refractivity contribution in [3.8, 4) is 0 Å². The second-order valence-electron chi connectivity index (χ2n) is 3.53. The number of nitrogens with two attached hydrogens (primary N) is 1. The van der Waals surface area contributed by atoms with Crippen LogP contribution in [0.25, 0.3) is 0 Å². The molecule has 94 valence electrons. The number of aryl methyl sites for hydroxylation is 1. The largest absolute Gasteiger partial charge is 0.378 e. The highest BCUT2D eigenvalue weighted by atomic mass is 16.6. The zero-order valence-electron chi connectivity index (χ0n) is 9.59. The smallest absolute Gasteiger partial charge is 0.288 e. The zero-order valence-corrected chi connectivity index (χ0v) is 9.59. The van der Waals surface area contributed by atoms with Crippen molar-refractivity contribution in [3.63, 3.8) is 0 Å². The van der Waals surface area contributed by atoms with Crippen molar-refractivity contribution >= 4 is 5.69 Å². The molecule has 0 aliphatic rings. The summed E-state index contributed by atoms with van der Waals surface area (Å²) in [6, 6.07) is 1.25. The third-order valence-corrected chi connectivity index (χ3v) is 2.24. The molecule has 7 heteroatoms. The van der Waals surface area contributed by atoms with Gasteiger partial charge in [0.05, 0.1) is 24.3 Å². The lowest BCUT2D eigenvalue weighted by molar-refractivity contribution is -0.385. The van der Waals surface area contributed by atoms with Gasteiger partial charge in [0.15, 0.2) is 0 Å². The van der Waals surface area contributed by atoms with Gasteiger partial charge in [-0.2, -0.15) is 0 Å². The number of hydrogen-bond acceptors (Lipinski definition) is 5. The van der Waals surface area contributed by atoms with E-state index in [1.165, 1.54) is 23.8 Å². The molecule has 0 aliphatic carbocycles. The lowest BCUT2D eigenvalue weighted by atomic mass is 10.2. The van der Waals surface area contributed by atoms with Gasteiger partial charge in [0, 0.05) is 24.7 Å². The van der Waals surface area contributed by atoms with Crippen molar-refractivity contribution < 1.29 is 9.66 Å². The van der Waals surface area contributed by atoms with Crippen molar-refractivity contribution in [1.29, 1.82) is 0 Å². The maximum Gasteiger partial charge on any atom is 0.288 e. The molecule has 0 aromatic carbocycles. The molecule has 0 atom stereocenters. The minimum Gasteiger partial charge on any atom is -0.378 e. The van der Waals surface area contributed by atoms with Crippen LogP contribution in [-0.2, 0) is 11.3 Å². The van der Waals surface area contributed by atoms with E-state index < -0.39 is 4.92 Å². The van der Waals surface area contributed by atoms with E-state index in [0.717, 1.165) is 0 Å². The van der Waals surface area contributed by atoms with E-state index in [9.17, 15) is 14.9 Å². The van der Waals surface area contributed by atoms with Gasteiger partial charge >= 0.3 is 0 Å². The predicted octanol–water partition coefficient (Wildman–Crippen LogP) is 0.0402. The molecule has 0 fully saturated rings. The summed E-state index contributed by atoms with van der Waals surface area (Å²) >= 11 is 0. The third-order valence-electron chi connectivity index (χ3n) is 2.24. The van der Waals surface area contributed by atoms with Crippen LogP contribution in [0.1, 0.15) is 5.56 Å². The summed E-state index contributed by atoms with van der Waals surface area (Å²) in [4.78, 5) is 21.7. The minimum atomic E-state index is -0.508. The van der Waals surface area contributed by atoms with Crippen LogP contribution < -0.4 is 11.3 Å². The molecule has 1 aromatic heterocycles. The number of pyridine rings is 1. The molecule has 0 saturated carbocycles. The molecular formula is C10H15N3O4. The van der Waals surface area contributed by atoms with Gasteiger partial charge in [0.25, 0.3) is 11.2 Å². The summed E-state index contributed by atoms with van der Waals surface area (Å²) in [6.45, 7) is 2.93. The lowest BCUT2D eigenvalue weighted by Gasteiger charge is -2.06. The molecule has 0 saturated heterocycles. The van der Waals surface area contributed by atoms with Crippen LogP contribution in [0.4, 0.5) is 5.69 Å². The van der Waals surface area contributed by atoms with Gasteiger partial charge in [0.1, 0.15) is 0 Å². The van der Waals surface area contributed by atoms with Gasteiger partial charge in [-0.3, -0.25) is 14.9 Å². The molecule has 17 heavy (non-hydrogen) atoms. The fourth-order valence-electron chi connectivity index (χ4n) is 1.37. The first-order chi connectivity index (χ1) is 8.06. The summed E-state index contributed by atoms with van der Waals surface area (Å²) in [7, 11) is 0. The number of nitro groups is 1. The van der Waals surface area contributed by atoms with Gasteiger partial charge in [-0.05, 0) is 6.92 Å². The topological polar surface area (TPSA) is 100 Å². The second kappa shape index (κ2) is 6.12. The van der Waals surface area contributed by atoms with E-state index in [1.54, 1.807) is 0 Å².